The van der Waals surface area contributed by atoms with Crippen molar-refractivity contribution < 1.29 is 9.84 Å². The van der Waals surface area contributed by atoms with Gasteiger partial charge in [-0.2, -0.15) is 0 Å². The second kappa shape index (κ2) is 4.14. The first-order valence-electron chi connectivity index (χ1n) is 4.25. The van der Waals surface area contributed by atoms with Crippen molar-refractivity contribution in [1.29, 1.82) is 0 Å². The average molecular weight is 181 g/mol. The van der Waals surface area contributed by atoms with Gasteiger partial charge in [-0.25, -0.2) is 0 Å². The van der Waals surface area contributed by atoms with Crippen LogP contribution in [0, 0.1) is 0 Å². The SMILES string of the molecule is COc1c(O)cccc1C[C@H](C)N. The normalized spacial score (nSPS) is 12.5. The number of hydrogen-bond acceptors (Lipinski definition) is 3. The summed E-state index contributed by atoms with van der Waals surface area (Å²) in [5.74, 6) is 0.695. The van der Waals surface area contributed by atoms with Crippen LogP contribution in [0.5, 0.6) is 11.5 Å². The molecule has 0 unspecified atom stereocenters. The number of aromatic hydroxyl groups is 1. The van der Waals surface area contributed by atoms with E-state index in [0.29, 0.717) is 12.2 Å². The van der Waals surface area contributed by atoms with Gasteiger partial charge >= 0.3 is 0 Å². The lowest BCUT2D eigenvalue weighted by atomic mass is 10.1. The summed E-state index contributed by atoms with van der Waals surface area (Å²) in [5, 5.41) is 9.44. The van der Waals surface area contributed by atoms with Crippen molar-refractivity contribution in [1.82, 2.24) is 0 Å². The summed E-state index contributed by atoms with van der Waals surface area (Å²) in [6.07, 6.45) is 0.706. The van der Waals surface area contributed by atoms with Gasteiger partial charge in [-0.05, 0) is 25.0 Å². The number of rotatable bonds is 3. The molecule has 0 amide bonds. The lowest BCUT2D eigenvalue weighted by Gasteiger charge is -2.11. The molecular formula is C10H15NO2. The van der Waals surface area contributed by atoms with Crippen molar-refractivity contribution in [3.63, 3.8) is 0 Å². The van der Waals surface area contributed by atoms with Crippen LogP contribution < -0.4 is 10.5 Å². The molecule has 0 aromatic heterocycles. The molecule has 0 aliphatic rings. The smallest absolute Gasteiger partial charge is 0.163 e. The zero-order chi connectivity index (χ0) is 9.84. The molecular weight excluding hydrogens is 166 g/mol. The Hall–Kier alpha value is -1.22. The van der Waals surface area contributed by atoms with Gasteiger partial charge in [0.05, 0.1) is 7.11 Å². The predicted octanol–water partition coefficient (Wildman–Crippen LogP) is 1.29. The first kappa shape index (κ1) is 9.86. The van der Waals surface area contributed by atoms with Gasteiger partial charge in [0, 0.05) is 6.04 Å². The lowest BCUT2D eigenvalue weighted by Crippen LogP contribution is -2.18. The van der Waals surface area contributed by atoms with E-state index in [1.165, 1.54) is 0 Å². The zero-order valence-electron chi connectivity index (χ0n) is 7.95. The lowest BCUT2D eigenvalue weighted by molar-refractivity contribution is 0.368. The summed E-state index contributed by atoms with van der Waals surface area (Å²) in [7, 11) is 1.54. The Bertz CT molecular complexity index is 284. The molecule has 0 saturated carbocycles. The molecule has 0 spiro atoms. The van der Waals surface area contributed by atoms with Crippen molar-refractivity contribution in [3.8, 4) is 11.5 Å². The third-order valence-electron chi connectivity index (χ3n) is 1.82. The van der Waals surface area contributed by atoms with Gasteiger partial charge in [-0.15, -0.1) is 0 Å². The third-order valence-corrected chi connectivity index (χ3v) is 1.82. The Labute approximate surface area is 78.1 Å². The van der Waals surface area contributed by atoms with Crippen molar-refractivity contribution in [2.75, 3.05) is 7.11 Å². The Morgan fingerprint density at radius 2 is 2.23 bits per heavy atom. The summed E-state index contributed by atoms with van der Waals surface area (Å²) >= 11 is 0. The number of methoxy groups -OCH3 is 1. The molecule has 0 aliphatic carbocycles. The van der Waals surface area contributed by atoms with E-state index in [2.05, 4.69) is 0 Å². The molecule has 0 radical (unpaired) electrons. The molecule has 1 atom stereocenters. The van der Waals surface area contributed by atoms with E-state index in [9.17, 15) is 5.11 Å². The summed E-state index contributed by atoms with van der Waals surface area (Å²) in [6.45, 7) is 1.92. The Morgan fingerprint density at radius 3 is 2.77 bits per heavy atom. The van der Waals surface area contributed by atoms with Gasteiger partial charge in [-0.1, -0.05) is 12.1 Å². The van der Waals surface area contributed by atoms with E-state index in [-0.39, 0.29) is 11.8 Å². The van der Waals surface area contributed by atoms with Gasteiger partial charge in [0.1, 0.15) is 0 Å². The van der Waals surface area contributed by atoms with Crippen molar-refractivity contribution >= 4 is 0 Å². The second-order valence-corrected chi connectivity index (χ2v) is 3.15. The van der Waals surface area contributed by atoms with E-state index >= 15 is 0 Å². The highest BCUT2D eigenvalue weighted by Gasteiger charge is 2.08. The van der Waals surface area contributed by atoms with Crippen LogP contribution in [0.25, 0.3) is 0 Å². The molecule has 3 N–H and O–H groups in total. The van der Waals surface area contributed by atoms with Gasteiger partial charge in [0.25, 0.3) is 0 Å². The first-order valence-corrected chi connectivity index (χ1v) is 4.25. The van der Waals surface area contributed by atoms with Gasteiger partial charge in [0.15, 0.2) is 11.5 Å². The van der Waals surface area contributed by atoms with Crippen molar-refractivity contribution in [3.05, 3.63) is 23.8 Å². The minimum atomic E-state index is 0.0655. The highest BCUT2D eigenvalue weighted by molar-refractivity contribution is 5.45. The van der Waals surface area contributed by atoms with E-state index in [1.807, 2.05) is 13.0 Å². The molecule has 0 aliphatic heterocycles. The van der Waals surface area contributed by atoms with Crippen LogP contribution in [-0.4, -0.2) is 18.3 Å². The molecule has 0 heterocycles. The molecule has 3 nitrogen and oxygen atoms in total. The summed E-state index contributed by atoms with van der Waals surface area (Å²) < 4.78 is 5.07. The Kier molecular flexibility index (Phi) is 3.14. The van der Waals surface area contributed by atoms with Crippen LogP contribution >= 0.6 is 0 Å². The maximum atomic E-state index is 9.44. The molecule has 1 aromatic carbocycles. The fraction of sp³-hybridized carbons (Fsp3) is 0.400. The standard InChI is InChI=1S/C10H15NO2/c1-7(11)6-8-4-3-5-9(12)10(8)13-2/h3-5,7,12H,6,11H2,1-2H3/t7-/m0/s1. The number of phenolic OH excluding ortho intramolecular Hbond substituents is 1. The van der Waals surface area contributed by atoms with E-state index < -0.39 is 0 Å². The molecule has 1 aromatic rings. The number of phenols is 1. The van der Waals surface area contributed by atoms with Crippen LogP contribution in [0.3, 0.4) is 0 Å². The molecule has 0 bridgehead atoms. The summed E-state index contributed by atoms with van der Waals surface area (Å²) in [6, 6.07) is 5.36. The molecule has 3 heteroatoms. The van der Waals surface area contributed by atoms with Crippen LogP contribution in [0.4, 0.5) is 0 Å². The molecule has 0 fully saturated rings. The molecule has 1 rings (SSSR count). The molecule has 13 heavy (non-hydrogen) atoms. The number of ether oxygens (including phenoxy) is 1. The number of para-hydroxylation sites is 1. The van der Waals surface area contributed by atoms with Crippen molar-refractivity contribution in [2.45, 2.75) is 19.4 Å². The second-order valence-electron chi connectivity index (χ2n) is 3.15. The fourth-order valence-corrected chi connectivity index (χ4v) is 1.31. The Balaban J connectivity index is 2.98. The van der Waals surface area contributed by atoms with Crippen LogP contribution in [-0.2, 0) is 6.42 Å². The first-order chi connectivity index (χ1) is 6.15. The topological polar surface area (TPSA) is 55.5 Å². The minimum Gasteiger partial charge on any atom is -0.504 e. The molecule has 0 saturated heterocycles. The zero-order valence-corrected chi connectivity index (χ0v) is 7.95. The number of hydrogen-bond donors (Lipinski definition) is 2. The third kappa shape index (κ3) is 2.36. The maximum Gasteiger partial charge on any atom is 0.163 e. The fourth-order valence-electron chi connectivity index (χ4n) is 1.31. The maximum absolute atomic E-state index is 9.44. The van der Waals surface area contributed by atoms with Crippen LogP contribution in [0.1, 0.15) is 12.5 Å². The predicted molar refractivity (Wildman–Crippen MR) is 52.0 cm³/mol. The largest absolute Gasteiger partial charge is 0.504 e. The van der Waals surface area contributed by atoms with Gasteiger partial charge in [0.2, 0.25) is 0 Å². The van der Waals surface area contributed by atoms with Crippen molar-refractivity contribution in [2.24, 2.45) is 5.73 Å². The molecule has 72 valence electrons. The number of benzene rings is 1. The Morgan fingerprint density at radius 1 is 1.54 bits per heavy atom. The van der Waals surface area contributed by atoms with Gasteiger partial charge < -0.3 is 15.6 Å². The van der Waals surface area contributed by atoms with E-state index in [4.69, 9.17) is 10.5 Å². The summed E-state index contributed by atoms with van der Waals surface area (Å²) in [5.41, 5.74) is 6.60. The monoisotopic (exact) mass is 181 g/mol. The summed E-state index contributed by atoms with van der Waals surface area (Å²) in [4.78, 5) is 0. The minimum absolute atomic E-state index is 0.0655. The van der Waals surface area contributed by atoms with E-state index in [0.717, 1.165) is 5.56 Å². The van der Waals surface area contributed by atoms with Gasteiger partial charge in [-0.3, -0.25) is 0 Å². The van der Waals surface area contributed by atoms with Crippen LogP contribution in [0.2, 0.25) is 0 Å². The average Bonchev–Trinajstić information content (AvgIpc) is 2.03. The highest BCUT2D eigenvalue weighted by atomic mass is 16.5. The van der Waals surface area contributed by atoms with Crippen LogP contribution in [0.15, 0.2) is 18.2 Å². The quantitative estimate of drug-likeness (QED) is 0.738. The van der Waals surface area contributed by atoms with E-state index in [1.54, 1.807) is 19.2 Å². The highest BCUT2D eigenvalue weighted by Crippen LogP contribution is 2.29. The number of nitrogens with two attached hydrogens (primary N) is 1.